The fourth-order valence-corrected chi connectivity index (χ4v) is 2.59. The van der Waals surface area contributed by atoms with Crippen LogP contribution in [0.2, 0.25) is 0 Å². The zero-order valence-corrected chi connectivity index (χ0v) is 10.1. The normalized spacial score (nSPS) is 33.5. The molecule has 1 fully saturated rings. The van der Waals surface area contributed by atoms with Gasteiger partial charge in [-0.05, 0) is 12.8 Å². The van der Waals surface area contributed by atoms with Crippen molar-refractivity contribution in [1.29, 1.82) is 0 Å². The summed E-state index contributed by atoms with van der Waals surface area (Å²) >= 11 is 0. The summed E-state index contributed by atoms with van der Waals surface area (Å²) in [6, 6.07) is 0.267. The van der Waals surface area contributed by atoms with Crippen molar-refractivity contribution >= 4 is 0 Å². The molecule has 0 aromatic heterocycles. The lowest BCUT2D eigenvalue weighted by molar-refractivity contribution is 0.107. The van der Waals surface area contributed by atoms with E-state index in [-0.39, 0.29) is 12.6 Å². The second-order valence-electron chi connectivity index (χ2n) is 4.95. The molecule has 4 atom stereocenters. The van der Waals surface area contributed by atoms with Gasteiger partial charge in [-0.1, -0.05) is 31.9 Å². The van der Waals surface area contributed by atoms with Crippen LogP contribution in [-0.2, 0) is 4.74 Å². The van der Waals surface area contributed by atoms with Crippen molar-refractivity contribution < 1.29 is 9.84 Å². The largest absolute Gasteiger partial charge is 0.395 e. The lowest BCUT2D eigenvalue weighted by Gasteiger charge is -2.21. The van der Waals surface area contributed by atoms with Crippen LogP contribution in [0.4, 0.5) is 0 Å². The van der Waals surface area contributed by atoms with Crippen molar-refractivity contribution in [3.8, 4) is 0 Å². The molecule has 0 aliphatic carbocycles. The first-order chi connectivity index (χ1) is 7.83. The van der Waals surface area contributed by atoms with E-state index in [0.29, 0.717) is 18.1 Å². The first-order valence-electron chi connectivity index (χ1n) is 6.51. The van der Waals surface area contributed by atoms with E-state index in [9.17, 15) is 5.11 Å². The summed E-state index contributed by atoms with van der Waals surface area (Å²) in [5.74, 6) is 0.602. The Morgan fingerprint density at radius 1 is 1.50 bits per heavy atom. The van der Waals surface area contributed by atoms with Crippen LogP contribution in [0.5, 0.6) is 0 Å². The molecule has 0 amide bonds. The molecule has 4 unspecified atom stereocenters. The highest BCUT2D eigenvalue weighted by Gasteiger charge is 2.36. The molecule has 2 N–H and O–H groups in total. The molecule has 0 aromatic rings. The molecule has 92 valence electrons. The summed E-state index contributed by atoms with van der Waals surface area (Å²) in [6.07, 6.45) is 9.62. The van der Waals surface area contributed by atoms with E-state index in [1.165, 1.54) is 12.8 Å². The van der Waals surface area contributed by atoms with Crippen LogP contribution in [0.1, 0.15) is 32.6 Å². The highest BCUT2D eigenvalue weighted by Crippen LogP contribution is 2.33. The Labute approximate surface area is 97.9 Å². The number of hydrogen-bond donors (Lipinski definition) is 2. The van der Waals surface area contributed by atoms with E-state index in [4.69, 9.17) is 4.74 Å². The molecule has 3 heteroatoms. The van der Waals surface area contributed by atoms with Crippen LogP contribution < -0.4 is 5.32 Å². The quantitative estimate of drug-likeness (QED) is 0.645. The first kappa shape index (κ1) is 12.1. The minimum Gasteiger partial charge on any atom is -0.395 e. The van der Waals surface area contributed by atoms with Crippen LogP contribution in [0.25, 0.3) is 0 Å². The molecule has 0 radical (unpaired) electrons. The van der Waals surface area contributed by atoms with Crippen molar-refractivity contribution in [3.05, 3.63) is 12.2 Å². The van der Waals surface area contributed by atoms with Crippen molar-refractivity contribution in [3.63, 3.8) is 0 Å². The van der Waals surface area contributed by atoms with Gasteiger partial charge in [-0.25, -0.2) is 0 Å². The van der Waals surface area contributed by atoms with E-state index in [1.807, 2.05) is 0 Å². The van der Waals surface area contributed by atoms with Gasteiger partial charge in [-0.2, -0.15) is 0 Å². The average Bonchev–Trinajstić information content (AvgIpc) is 2.91. The Morgan fingerprint density at radius 3 is 2.94 bits per heavy atom. The third-order valence-corrected chi connectivity index (χ3v) is 3.64. The van der Waals surface area contributed by atoms with E-state index >= 15 is 0 Å². The zero-order valence-electron chi connectivity index (χ0n) is 10.1. The molecule has 2 heterocycles. The standard InChI is InChI=1S/C13H23NO2/c1-2-3-4-11(9-15)14-8-10-7-12-5-6-13(10)16-12/h5-6,10-15H,2-4,7-9H2,1H3. The fourth-order valence-electron chi connectivity index (χ4n) is 2.59. The molecule has 0 saturated carbocycles. The summed E-state index contributed by atoms with van der Waals surface area (Å²) in [7, 11) is 0. The Bertz CT molecular complexity index is 242. The van der Waals surface area contributed by atoms with Crippen LogP contribution >= 0.6 is 0 Å². The predicted molar refractivity (Wildman–Crippen MR) is 64.3 cm³/mol. The monoisotopic (exact) mass is 225 g/mol. The maximum absolute atomic E-state index is 9.25. The summed E-state index contributed by atoms with van der Waals surface area (Å²) in [5.41, 5.74) is 0. The maximum Gasteiger partial charge on any atom is 0.0806 e. The zero-order chi connectivity index (χ0) is 11.4. The highest BCUT2D eigenvalue weighted by atomic mass is 16.5. The molecule has 3 nitrogen and oxygen atoms in total. The average molecular weight is 225 g/mol. The number of fused-ring (bicyclic) bond motifs is 2. The van der Waals surface area contributed by atoms with E-state index < -0.39 is 0 Å². The molecule has 2 bridgehead atoms. The van der Waals surface area contributed by atoms with Crippen LogP contribution in [0, 0.1) is 5.92 Å². The highest BCUT2D eigenvalue weighted by molar-refractivity contribution is 5.11. The molecular weight excluding hydrogens is 202 g/mol. The topological polar surface area (TPSA) is 41.5 Å². The van der Waals surface area contributed by atoms with Gasteiger partial charge in [0.1, 0.15) is 0 Å². The van der Waals surface area contributed by atoms with E-state index in [1.54, 1.807) is 0 Å². The molecule has 2 aliphatic rings. The van der Waals surface area contributed by atoms with Gasteiger partial charge >= 0.3 is 0 Å². The van der Waals surface area contributed by atoms with Crippen molar-refractivity contribution in [2.24, 2.45) is 5.92 Å². The third kappa shape index (κ3) is 2.84. The molecule has 0 aromatic carbocycles. The number of aliphatic hydroxyl groups excluding tert-OH is 1. The minimum absolute atomic E-state index is 0.248. The van der Waals surface area contributed by atoms with E-state index in [2.05, 4.69) is 24.4 Å². The van der Waals surface area contributed by atoms with Crippen molar-refractivity contribution in [1.82, 2.24) is 5.32 Å². The maximum atomic E-state index is 9.25. The number of hydrogen-bond acceptors (Lipinski definition) is 3. The third-order valence-electron chi connectivity index (χ3n) is 3.64. The molecule has 0 spiro atoms. The Morgan fingerprint density at radius 2 is 2.38 bits per heavy atom. The van der Waals surface area contributed by atoms with Crippen LogP contribution in [0.3, 0.4) is 0 Å². The number of rotatable bonds is 7. The Kier molecular flexibility index (Phi) is 4.38. The lowest BCUT2D eigenvalue weighted by Crippen LogP contribution is -2.38. The predicted octanol–water partition coefficient (Wildman–Crippen LogP) is 1.47. The van der Waals surface area contributed by atoms with E-state index in [0.717, 1.165) is 19.4 Å². The fraction of sp³-hybridized carbons (Fsp3) is 0.846. The van der Waals surface area contributed by atoms with Crippen molar-refractivity contribution in [2.75, 3.05) is 13.2 Å². The molecule has 1 saturated heterocycles. The number of unbranched alkanes of at least 4 members (excludes halogenated alkanes) is 1. The van der Waals surface area contributed by atoms with Gasteiger partial charge < -0.3 is 15.2 Å². The Hall–Kier alpha value is -0.380. The van der Waals surface area contributed by atoms with Gasteiger partial charge in [0.2, 0.25) is 0 Å². The first-order valence-corrected chi connectivity index (χ1v) is 6.51. The smallest absolute Gasteiger partial charge is 0.0806 e. The van der Waals surface area contributed by atoms with Gasteiger partial charge in [-0.15, -0.1) is 0 Å². The second kappa shape index (κ2) is 5.80. The molecule has 2 rings (SSSR count). The SMILES string of the molecule is CCCCC(CO)NCC1CC2C=CC1O2. The van der Waals surface area contributed by atoms with Crippen LogP contribution in [-0.4, -0.2) is 36.5 Å². The van der Waals surface area contributed by atoms with Gasteiger partial charge in [0.05, 0.1) is 18.8 Å². The second-order valence-corrected chi connectivity index (χ2v) is 4.95. The molecule has 2 aliphatic heterocycles. The lowest BCUT2D eigenvalue weighted by atomic mass is 9.94. The van der Waals surface area contributed by atoms with Crippen molar-refractivity contribution in [2.45, 2.75) is 50.9 Å². The van der Waals surface area contributed by atoms with Gasteiger partial charge in [-0.3, -0.25) is 0 Å². The van der Waals surface area contributed by atoms with Gasteiger partial charge in [0.15, 0.2) is 0 Å². The number of nitrogens with one attached hydrogen (secondary N) is 1. The minimum atomic E-state index is 0.248. The van der Waals surface area contributed by atoms with Gasteiger partial charge in [0, 0.05) is 18.5 Å². The van der Waals surface area contributed by atoms with Crippen LogP contribution in [0.15, 0.2) is 12.2 Å². The summed E-state index contributed by atoms with van der Waals surface area (Å²) in [4.78, 5) is 0. The molecular formula is C13H23NO2. The summed E-state index contributed by atoms with van der Waals surface area (Å²) in [6.45, 7) is 3.40. The number of aliphatic hydroxyl groups is 1. The summed E-state index contributed by atoms with van der Waals surface area (Å²) < 4.78 is 5.72. The summed E-state index contributed by atoms with van der Waals surface area (Å²) in [5, 5.41) is 12.7. The molecule has 16 heavy (non-hydrogen) atoms. The number of ether oxygens (including phenoxy) is 1. The van der Waals surface area contributed by atoms with Gasteiger partial charge in [0.25, 0.3) is 0 Å². The Balaban J connectivity index is 1.68.